The molecule has 2 rings (SSSR count). The van der Waals surface area contributed by atoms with Crippen LogP contribution >= 0.6 is 0 Å². The molecule has 1 aromatic heterocycles. The smallest absolute Gasteiger partial charge is 0.269 e. The highest BCUT2D eigenvalue weighted by molar-refractivity contribution is 5.82. The second-order valence-corrected chi connectivity index (χ2v) is 4.32. The van der Waals surface area contributed by atoms with Crippen molar-refractivity contribution in [1.82, 2.24) is 4.98 Å². The number of non-ortho nitro benzene ring substituents is 1. The highest BCUT2D eigenvalue weighted by Gasteiger charge is 2.09. The zero-order valence-corrected chi connectivity index (χ0v) is 11.0. The van der Waals surface area contributed by atoms with E-state index in [-0.39, 0.29) is 5.69 Å². The maximum Gasteiger partial charge on any atom is 0.269 e. The number of hydrogen-bond acceptors (Lipinski definition) is 4. The third kappa shape index (κ3) is 2.57. The number of aryl methyl sites for hydroxylation is 1. The molecule has 0 bridgehead atoms. The predicted octanol–water partition coefficient (Wildman–Crippen LogP) is 3.16. The molecule has 0 spiro atoms. The molecule has 0 amide bonds. The van der Waals surface area contributed by atoms with Crippen LogP contribution < -0.4 is 0 Å². The van der Waals surface area contributed by atoms with E-state index in [9.17, 15) is 10.1 Å². The molecule has 2 aromatic rings. The summed E-state index contributed by atoms with van der Waals surface area (Å²) in [7, 11) is 0. The van der Waals surface area contributed by atoms with Crippen LogP contribution in [0.5, 0.6) is 0 Å². The maximum absolute atomic E-state index is 10.5. The predicted molar refractivity (Wildman–Crippen MR) is 75.3 cm³/mol. The first kappa shape index (κ1) is 13.5. The number of hydrogen-bond donors (Lipinski definition) is 1. The van der Waals surface area contributed by atoms with Gasteiger partial charge in [-0.15, -0.1) is 0 Å². The monoisotopic (exact) mass is 268 g/mol. The first-order valence-corrected chi connectivity index (χ1v) is 5.90. The van der Waals surface area contributed by atoms with E-state index in [1.165, 1.54) is 12.1 Å². The molecule has 0 radical (unpaired) electrons. The Morgan fingerprint density at radius 1 is 1.35 bits per heavy atom. The molecular weight excluding hydrogens is 256 g/mol. The molecule has 0 unspecified atom stereocenters. The minimum atomic E-state index is -0.452. The molecule has 20 heavy (non-hydrogen) atoms. The first-order chi connectivity index (χ1) is 9.52. The van der Waals surface area contributed by atoms with Crippen LogP contribution in [0.25, 0.3) is 0 Å². The first-order valence-electron chi connectivity index (χ1n) is 5.90. The molecule has 0 saturated heterocycles. The molecule has 100 valence electrons. The van der Waals surface area contributed by atoms with Crippen LogP contribution in [-0.4, -0.2) is 16.1 Å². The highest BCUT2D eigenvalue weighted by Crippen LogP contribution is 2.23. The van der Waals surface area contributed by atoms with E-state index in [4.69, 9.17) is 5.26 Å². The molecule has 0 aliphatic rings. The molecule has 0 aliphatic heterocycles. The summed E-state index contributed by atoms with van der Waals surface area (Å²) in [4.78, 5) is 17.4. The van der Waals surface area contributed by atoms with E-state index in [0.29, 0.717) is 11.4 Å². The number of nitro benzene ring substituents is 1. The summed E-state index contributed by atoms with van der Waals surface area (Å²) < 4.78 is 0. The fraction of sp³-hybridized carbons (Fsp3) is 0.143. The summed E-state index contributed by atoms with van der Waals surface area (Å²) in [6.07, 6.45) is 1.56. The van der Waals surface area contributed by atoms with E-state index < -0.39 is 4.92 Å². The van der Waals surface area contributed by atoms with Crippen molar-refractivity contribution >= 4 is 17.7 Å². The van der Waals surface area contributed by atoms with Gasteiger partial charge in [0.1, 0.15) is 11.9 Å². The second-order valence-electron chi connectivity index (χ2n) is 4.32. The Hall–Kier alpha value is -2.94. The lowest BCUT2D eigenvalue weighted by atomic mass is 10.2. The molecule has 1 aromatic carbocycles. The van der Waals surface area contributed by atoms with Crippen LogP contribution in [0.4, 0.5) is 11.5 Å². The molecule has 6 nitrogen and oxygen atoms in total. The lowest BCUT2D eigenvalue weighted by Gasteiger charge is -1.94. The number of aromatic nitrogens is 1. The van der Waals surface area contributed by atoms with Crippen molar-refractivity contribution in [2.75, 3.05) is 0 Å². The van der Waals surface area contributed by atoms with Crippen molar-refractivity contribution in [3.05, 3.63) is 56.8 Å². The van der Waals surface area contributed by atoms with Crippen molar-refractivity contribution < 1.29 is 4.92 Å². The normalized spacial score (nSPS) is 10.7. The van der Waals surface area contributed by atoms with Gasteiger partial charge >= 0.3 is 0 Å². The van der Waals surface area contributed by atoms with Gasteiger partial charge in [-0.25, -0.2) is 4.99 Å². The summed E-state index contributed by atoms with van der Waals surface area (Å²) in [6.45, 7) is 3.73. The fourth-order valence-corrected chi connectivity index (χ4v) is 1.75. The van der Waals surface area contributed by atoms with E-state index in [0.717, 1.165) is 16.8 Å². The summed E-state index contributed by atoms with van der Waals surface area (Å²) in [5.41, 5.74) is 3.05. The standard InChI is InChI=1S/C14H12N4O2/c1-9-10(2)17-14(13(9)7-15)16-8-11-3-5-12(6-4-11)18(19)20/h3-6,8,17H,1-2H3. The average molecular weight is 268 g/mol. The van der Waals surface area contributed by atoms with Crippen LogP contribution in [0.1, 0.15) is 22.4 Å². The Balaban J connectivity index is 2.28. The Labute approximate surface area is 115 Å². The third-order valence-electron chi connectivity index (χ3n) is 3.04. The summed E-state index contributed by atoms with van der Waals surface area (Å²) in [6, 6.07) is 8.15. The van der Waals surface area contributed by atoms with Gasteiger partial charge in [0.15, 0.2) is 0 Å². The fourth-order valence-electron chi connectivity index (χ4n) is 1.75. The number of nitrogens with zero attached hydrogens (tertiary/aromatic N) is 3. The van der Waals surface area contributed by atoms with Gasteiger partial charge in [0.05, 0.1) is 10.5 Å². The van der Waals surface area contributed by atoms with Gasteiger partial charge < -0.3 is 4.98 Å². The lowest BCUT2D eigenvalue weighted by molar-refractivity contribution is -0.384. The van der Waals surface area contributed by atoms with E-state index in [2.05, 4.69) is 16.0 Å². The number of benzene rings is 1. The largest absolute Gasteiger partial charge is 0.343 e. The summed E-state index contributed by atoms with van der Waals surface area (Å²) >= 11 is 0. The minimum Gasteiger partial charge on any atom is -0.343 e. The van der Waals surface area contributed by atoms with Crippen molar-refractivity contribution in [1.29, 1.82) is 5.26 Å². The van der Waals surface area contributed by atoms with Gasteiger partial charge in [-0.2, -0.15) is 5.26 Å². The summed E-state index contributed by atoms with van der Waals surface area (Å²) in [5.74, 6) is 0.501. The number of aromatic amines is 1. The number of nitro groups is 1. The Morgan fingerprint density at radius 3 is 2.55 bits per heavy atom. The molecule has 1 heterocycles. The van der Waals surface area contributed by atoms with Crippen LogP contribution in [-0.2, 0) is 0 Å². The van der Waals surface area contributed by atoms with Crippen LogP contribution in [0, 0.1) is 35.3 Å². The molecular formula is C14H12N4O2. The number of aliphatic imine (C=N–C) groups is 1. The minimum absolute atomic E-state index is 0.0337. The Bertz CT molecular complexity index is 721. The number of rotatable bonds is 3. The zero-order chi connectivity index (χ0) is 14.7. The maximum atomic E-state index is 10.5. The van der Waals surface area contributed by atoms with Crippen molar-refractivity contribution in [3.63, 3.8) is 0 Å². The van der Waals surface area contributed by atoms with Gasteiger partial charge in [0, 0.05) is 24.0 Å². The van der Waals surface area contributed by atoms with Gasteiger partial charge in [-0.05, 0) is 37.1 Å². The van der Waals surface area contributed by atoms with E-state index in [1.54, 1.807) is 18.3 Å². The quantitative estimate of drug-likeness (QED) is 0.526. The van der Waals surface area contributed by atoms with Crippen LogP contribution in [0.2, 0.25) is 0 Å². The average Bonchev–Trinajstić information content (AvgIpc) is 2.71. The van der Waals surface area contributed by atoms with Gasteiger partial charge in [-0.3, -0.25) is 10.1 Å². The van der Waals surface area contributed by atoms with Gasteiger partial charge in [0.25, 0.3) is 5.69 Å². The topological polar surface area (TPSA) is 95.1 Å². The van der Waals surface area contributed by atoms with Crippen molar-refractivity contribution in [2.24, 2.45) is 4.99 Å². The molecule has 0 aliphatic carbocycles. The zero-order valence-electron chi connectivity index (χ0n) is 11.0. The molecule has 0 saturated carbocycles. The number of H-pyrrole nitrogens is 1. The molecule has 6 heteroatoms. The molecule has 0 fully saturated rings. The SMILES string of the molecule is Cc1[nH]c(N=Cc2ccc([N+](=O)[O-])cc2)c(C#N)c1C. The van der Waals surface area contributed by atoms with Gasteiger partial charge in [-0.1, -0.05) is 0 Å². The molecule has 0 atom stereocenters. The van der Waals surface area contributed by atoms with Crippen molar-refractivity contribution in [2.45, 2.75) is 13.8 Å². The third-order valence-corrected chi connectivity index (χ3v) is 3.04. The second kappa shape index (κ2) is 5.36. The van der Waals surface area contributed by atoms with Crippen LogP contribution in [0.3, 0.4) is 0 Å². The van der Waals surface area contributed by atoms with Crippen LogP contribution in [0.15, 0.2) is 29.3 Å². The Morgan fingerprint density at radius 2 is 2.00 bits per heavy atom. The highest BCUT2D eigenvalue weighted by atomic mass is 16.6. The number of nitrogens with one attached hydrogen (secondary N) is 1. The van der Waals surface area contributed by atoms with E-state index >= 15 is 0 Å². The van der Waals surface area contributed by atoms with Gasteiger partial charge in [0.2, 0.25) is 0 Å². The summed E-state index contributed by atoms with van der Waals surface area (Å²) in [5, 5.41) is 19.6. The van der Waals surface area contributed by atoms with Crippen molar-refractivity contribution in [3.8, 4) is 6.07 Å². The van der Waals surface area contributed by atoms with E-state index in [1.807, 2.05) is 13.8 Å². The Kier molecular flexibility index (Phi) is 3.62. The lowest BCUT2D eigenvalue weighted by Crippen LogP contribution is -1.88. The molecule has 1 N–H and O–H groups in total. The number of nitriles is 1.